The molecule has 0 saturated carbocycles. The van der Waals surface area contributed by atoms with Gasteiger partial charge in [-0.3, -0.25) is 4.79 Å². The van der Waals surface area contributed by atoms with Gasteiger partial charge in [-0.2, -0.15) is 0 Å². The Morgan fingerprint density at radius 2 is 2.09 bits per heavy atom. The van der Waals surface area contributed by atoms with Crippen LogP contribution in [0.25, 0.3) is 0 Å². The molecular weight excluding hydrogens is 351 g/mol. The molecule has 2 atom stereocenters. The van der Waals surface area contributed by atoms with Crippen LogP contribution in [0.4, 0.5) is 0 Å². The van der Waals surface area contributed by atoms with Gasteiger partial charge in [0, 0.05) is 10.0 Å². The summed E-state index contributed by atoms with van der Waals surface area (Å²) in [6.45, 7) is 5.30. The van der Waals surface area contributed by atoms with Gasteiger partial charge in [-0.25, -0.2) is 0 Å². The summed E-state index contributed by atoms with van der Waals surface area (Å²) >= 11 is 13.8. The zero-order valence-corrected chi connectivity index (χ0v) is 15.8. The number of quaternary nitrogens is 1. The molecule has 0 bridgehead atoms. The average Bonchev–Trinajstić information content (AvgIpc) is 2.83. The molecule has 1 aromatic carbocycles. The van der Waals surface area contributed by atoms with Crippen LogP contribution in [-0.4, -0.2) is 19.5 Å². The number of aryl methyl sites for hydroxylation is 1. The minimum absolute atomic E-state index is 0.00947. The third kappa shape index (κ3) is 5.21. The Kier molecular flexibility index (Phi) is 6.48. The normalized spacial score (nSPS) is 13.6. The quantitative estimate of drug-likeness (QED) is 0.802. The highest BCUT2D eigenvalue weighted by molar-refractivity contribution is 7.10. The Balaban J connectivity index is 1.89. The summed E-state index contributed by atoms with van der Waals surface area (Å²) in [4.78, 5) is 14.7. The number of rotatable bonds is 6. The van der Waals surface area contributed by atoms with Crippen LogP contribution in [0.15, 0.2) is 29.6 Å². The van der Waals surface area contributed by atoms with Crippen molar-refractivity contribution >= 4 is 40.4 Å². The number of thiophene rings is 1. The second kappa shape index (κ2) is 8.15. The van der Waals surface area contributed by atoms with Gasteiger partial charge in [0.05, 0.1) is 18.0 Å². The van der Waals surface area contributed by atoms with E-state index in [9.17, 15) is 4.79 Å². The maximum Gasteiger partial charge on any atom is 0.275 e. The second-order valence-electron chi connectivity index (χ2n) is 5.79. The Labute approximate surface area is 151 Å². The maximum absolute atomic E-state index is 12.2. The minimum Gasteiger partial charge on any atom is -0.345 e. The van der Waals surface area contributed by atoms with Crippen LogP contribution in [0.5, 0.6) is 0 Å². The number of carbonyl (C=O) groups is 1. The van der Waals surface area contributed by atoms with Crippen LogP contribution in [0.1, 0.15) is 29.0 Å². The Morgan fingerprint density at radius 3 is 2.70 bits per heavy atom. The fourth-order valence-electron chi connectivity index (χ4n) is 2.42. The summed E-state index contributed by atoms with van der Waals surface area (Å²) in [7, 11) is 2.03. The lowest BCUT2D eigenvalue weighted by atomic mass is 10.1. The topological polar surface area (TPSA) is 33.5 Å². The van der Waals surface area contributed by atoms with Crippen molar-refractivity contribution < 1.29 is 9.69 Å². The van der Waals surface area contributed by atoms with Crippen LogP contribution in [0, 0.1) is 6.92 Å². The smallest absolute Gasteiger partial charge is 0.275 e. The molecule has 0 aliphatic carbocycles. The fraction of sp³-hybridized carbons (Fsp3) is 0.353. The van der Waals surface area contributed by atoms with Crippen molar-refractivity contribution in [3.05, 3.63) is 55.7 Å². The van der Waals surface area contributed by atoms with E-state index in [0.29, 0.717) is 16.6 Å². The molecule has 0 fully saturated rings. The third-order valence-electron chi connectivity index (χ3n) is 3.70. The van der Waals surface area contributed by atoms with Crippen molar-refractivity contribution in [2.24, 2.45) is 0 Å². The summed E-state index contributed by atoms with van der Waals surface area (Å²) in [5.74, 6) is 0.00947. The van der Waals surface area contributed by atoms with Crippen molar-refractivity contribution in [2.75, 3.05) is 13.6 Å². The Hall–Kier alpha value is -1.07. The summed E-state index contributed by atoms with van der Waals surface area (Å²) in [6.07, 6.45) is 0. The van der Waals surface area contributed by atoms with Crippen molar-refractivity contribution in [1.82, 2.24) is 5.32 Å². The van der Waals surface area contributed by atoms with E-state index in [0.717, 1.165) is 17.0 Å². The summed E-state index contributed by atoms with van der Waals surface area (Å²) in [5.41, 5.74) is 2.16. The summed E-state index contributed by atoms with van der Waals surface area (Å²) < 4.78 is 0. The zero-order chi connectivity index (χ0) is 17.0. The van der Waals surface area contributed by atoms with E-state index >= 15 is 0 Å². The molecule has 2 rings (SSSR count). The van der Waals surface area contributed by atoms with Crippen LogP contribution in [0.2, 0.25) is 10.0 Å². The number of carbonyl (C=O) groups excluding carboxylic acids is 1. The van der Waals surface area contributed by atoms with Gasteiger partial charge in [-0.15, -0.1) is 11.3 Å². The van der Waals surface area contributed by atoms with Gasteiger partial charge in [-0.1, -0.05) is 29.3 Å². The molecule has 0 aliphatic heterocycles. The first-order valence-corrected chi connectivity index (χ1v) is 9.09. The first-order valence-electron chi connectivity index (χ1n) is 7.45. The lowest BCUT2D eigenvalue weighted by Gasteiger charge is -2.18. The van der Waals surface area contributed by atoms with Crippen LogP contribution < -0.4 is 10.2 Å². The van der Waals surface area contributed by atoms with Gasteiger partial charge < -0.3 is 10.2 Å². The van der Waals surface area contributed by atoms with Crippen molar-refractivity contribution in [1.29, 1.82) is 0 Å². The van der Waals surface area contributed by atoms with E-state index in [4.69, 9.17) is 23.2 Å². The van der Waals surface area contributed by atoms with E-state index in [1.807, 2.05) is 20.0 Å². The summed E-state index contributed by atoms with van der Waals surface area (Å²) in [6, 6.07) is 7.28. The molecule has 23 heavy (non-hydrogen) atoms. The van der Waals surface area contributed by atoms with Crippen LogP contribution in [-0.2, 0) is 11.3 Å². The fourth-order valence-corrected chi connectivity index (χ4v) is 4.01. The lowest BCUT2D eigenvalue weighted by molar-refractivity contribution is -0.885. The number of benzene rings is 1. The molecule has 0 radical (unpaired) electrons. The van der Waals surface area contributed by atoms with Crippen LogP contribution >= 0.6 is 34.5 Å². The third-order valence-corrected chi connectivity index (χ3v) is 5.28. The minimum atomic E-state index is -0.149. The van der Waals surface area contributed by atoms with Crippen molar-refractivity contribution in [3.63, 3.8) is 0 Å². The van der Waals surface area contributed by atoms with Crippen molar-refractivity contribution in [3.8, 4) is 0 Å². The summed E-state index contributed by atoms with van der Waals surface area (Å²) in [5, 5.41) is 6.24. The molecule has 1 amide bonds. The number of hydrogen-bond donors (Lipinski definition) is 2. The second-order valence-corrected chi connectivity index (χ2v) is 7.64. The first-order chi connectivity index (χ1) is 10.9. The van der Waals surface area contributed by atoms with Gasteiger partial charge >= 0.3 is 0 Å². The van der Waals surface area contributed by atoms with E-state index in [1.54, 1.807) is 23.5 Å². The Morgan fingerprint density at radius 1 is 1.35 bits per heavy atom. The number of hydrogen-bond acceptors (Lipinski definition) is 2. The van der Waals surface area contributed by atoms with Gasteiger partial charge in [0.2, 0.25) is 0 Å². The molecular formula is C17H21Cl2N2OS+. The van der Waals surface area contributed by atoms with E-state index < -0.39 is 0 Å². The molecule has 3 nitrogen and oxygen atoms in total. The molecule has 1 aromatic heterocycles. The number of amides is 1. The standard InChI is InChI=1S/C17H20Cl2N2OS/c1-11-6-7-23-16(11)9-21(3)10-17(22)20-12(2)14-5-4-13(18)8-15(14)19/h4-8,12H,9-10H2,1-3H3,(H,20,22)/p+1/t12-/m0/s1. The number of nitrogens with one attached hydrogen (secondary N) is 2. The monoisotopic (exact) mass is 371 g/mol. The molecule has 1 heterocycles. The van der Waals surface area contributed by atoms with Gasteiger partial charge in [0.1, 0.15) is 6.54 Å². The molecule has 0 saturated heterocycles. The maximum atomic E-state index is 12.2. The van der Waals surface area contributed by atoms with Gasteiger partial charge in [-0.05, 0) is 48.6 Å². The largest absolute Gasteiger partial charge is 0.345 e. The molecule has 6 heteroatoms. The number of likely N-dealkylation sites (N-methyl/N-ethyl adjacent to an activating group) is 1. The van der Waals surface area contributed by atoms with E-state index in [-0.39, 0.29) is 11.9 Å². The molecule has 0 aliphatic rings. The highest BCUT2D eigenvalue weighted by atomic mass is 35.5. The highest BCUT2D eigenvalue weighted by Gasteiger charge is 2.17. The first kappa shape index (κ1) is 18.3. The SMILES string of the molecule is Cc1ccsc1C[NH+](C)CC(=O)N[C@@H](C)c1ccc(Cl)cc1Cl. The van der Waals surface area contributed by atoms with Crippen LogP contribution in [0.3, 0.4) is 0 Å². The molecule has 2 N–H and O–H groups in total. The number of halogens is 2. The molecule has 1 unspecified atom stereocenters. The van der Waals surface area contributed by atoms with Crippen molar-refractivity contribution in [2.45, 2.75) is 26.4 Å². The van der Waals surface area contributed by atoms with E-state index in [1.165, 1.54) is 10.4 Å². The van der Waals surface area contributed by atoms with E-state index in [2.05, 4.69) is 23.7 Å². The predicted octanol–water partition coefficient (Wildman–Crippen LogP) is 3.26. The highest BCUT2D eigenvalue weighted by Crippen LogP contribution is 2.25. The van der Waals surface area contributed by atoms with Gasteiger partial charge in [0.25, 0.3) is 5.91 Å². The molecule has 2 aromatic rings. The zero-order valence-electron chi connectivity index (χ0n) is 13.5. The van der Waals surface area contributed by atoms with Gasteiger partial charge in [0.15, 0.2) is 6.54 Å². The Bertz CT molecular complexity index is 687. The molecule has 0 spiro atoms. The molecule has 124 valence electrons. The predicted molar refractivity (Wildman–Crippen MR) is 97.5 cm³/mol. The average molecular weight is 372 g/mol. The lowest BCUT2D eigenvalue weighted by Crippen LogP contribution is -3.08.